The molecule has 0 spiro atoms. The van der Waals surface area contributed by atoms with Gasteiger partial charge in [-0.1, -0.05) is 57.5 Å². The van der Waals surface area contributed by atoms with E-state index in [1.807, 2.05) is 37.3 Å². The standard InChI is InChI=1S/C36H50N8O7.CH4/c1-3-4-13-29(44-36(49)50-22-24-11-6-5-7-12-24)34(48)42-27(14-8-9-18-37)33(47)43-28(15-10-19-40-35(38)39)32(46)41-25-16-17-26-23(2)20-31(45)51-30(26)21-25;/h5-7,11-12,16-17,20-21,27-29H,3-4,8-10,13-15,18-19,22,37H2,1-2H3,(H,41,46)(H,42,48)(H,43,47)(H,44,49)(H4,38,39,40);1H4. The minimum absolute atomic E-state index is 0. The molecule has 15 nitrogen and oxygen atoms in total. The Kier molecular flexibility index (Phi) is 18.4. The maximum absolute atomic E-state index is 13.8. The third kappa shape index (κ3) is 14.4. The number of carbonyl (C=O) groups is 4. The van der Waals surface area contributed by atoms with E-state index in [4.69, 9.17) is 26.4 Å². The predicted octanol–water partition coefficient (Wildman–Crippen LogP) is 3.31. The molecule has 0 fully saturated rings. The number of alkyl carbamates (subject to hydrolysis) is 1. The summed E-state index contributed by atoms with van der Waals surface area (Å²) in [7, 11) is 0. The minimum Gasteiger partial charge on any atom is -0.445 e. The summed E-state index contributed by atoms with van der Waals surface area (Å²) in [5, 5.41) is 11.7. The van der Waals surface area contributed by atoms with E-state index in [0.29, 0.717) is 55.3 Å². The molecule has 0 radical (unpaired) electrons. The first-order valence-corrected chi connectivity index (χ1v) is 17.2. The number of hydrogen-bond donors (Lipinski definition) is 7. The van der Waals surface area contributed by atoms with E-state index < -0.39 is 47.6 Å². The number of unbranched alkanes of at least 4 members (excludes halogenated alkanes) is 2. The second kappa shape index (κ2) is 22.4. The highest BCUT2D eigenvalue weighted by Gasteiger charge is 2.30. The molecule has 0 bridgehead atoms. The molecule has 0 saturated heterocycles. The fourth-order valence-corrected chi connectivity index (χ4v) is 5.29. The lowest BCUT2D eigenvalue weighted by molar-refractivity contribution is -0.132. The number of aryl methyl sites for hydroxylation is 1. The van der Waals surface area contributed by atoms with Crippen molar-refractivity contribution in [3.05, 3.63) is 76.1 Å². The monoisotopic (exact) mass is 722 g/mol. The Labute approximate surface area is 304 Å². The van der Waals surface area contributed by atoms with Gasteiger partial charge < -0.3 is 47.6 Å². The number of aliphatic imine (C=N–C) groups is 1. The number of anilines is 1. The lowest BCUT2D eigenvalue weighted by Crippen LogP contribution is -2.56. The second-order valence-electron chi connectivity index (χ2n) is 12.2. The van der Waals surface area contributed by atoms with Crippen LogP contribution in [0.4, 0.5) is 10.5 Å². The first-order chi connectivity index (χ1) is 24.5. The molecule has 0 aliphatic rings. The Morgan fingerprint density at radius 3 is 2.12 bits per heavy atom. The summed E-state index contributed by atoms with van der Waals surface area (Å²) in [6.07, 6.45) is 2.82. The van der Waals surface area contributed by atoms with Gasteiger partial charge in [-0.2, -0.15) is 0 Å². The zero-order chi connectivity index (χ0) is 37.2. The van der Waals surface area contributed by atoms with Crippen LogP contribution < -0.4 is 44.1 Å². The van der Waals surface area contributed by atoms with Crippen LogP contribution in [0.5, 0.6) is 0 Å². The zero-order valence-corrected chi connectivity index (χ0v) is 29.2. The number of benzene rings is 2. The van der Waals surface area contributed by atoms with Crippen molar-refractivity contribution in [2.45, 2.75) is 97.4 Å². The van der Waals surface area contributed by atoms with Gasteiger partial charge in [0.2, 0.25) is 17.7 Å². The van der Waals surface area contributed by atoms with Crippen molar-refractivity contribution in [1.29, 1.82) is 0 Å². The van der Waals surface area contributed by atoms with Crippen LogP contribution in [0, 0.1) is 6.92 Å². The van der Waals surface area contributed by atoms with Gasteiger partial charge in [-0.15, -0.1) is 0 Å². The number of nitrogens with two attached hydrogens (primary N) is 3. The van der Waals surface area contributed by atoms with Crippen LogP contribution in [0.3, 0.4) is 0 Å². The third-order valence-electron chi connectivity index (χ3n) is 8.04. The molecule has 284 valence electrons. The van der Waals surface area contributed by atoms with Crippen molar-refractivity contribution in [3.8, 4) is 0 Å². The summed E-state index contributed by atoms with van der Waals surface area (Å²) in [6, 6.07) is 12.4. The highest BCUT2D eigenvalue weighted by Crippen LogP contribution is 2.21. The van der Waals surface area contributed by atoms with Gasteiger partial charge in [0, 0.05) is 29.8 Å². The van der Waals surface area contributed by atoms with E-state index in [0.717, 1.165) is 17.5 Å². The van der Waals surface area contributed by atoms with Gasteiger partial charge in [-0.05, 0) is 75.3 Å². The SMILES string of the molecule is C.CCCCC(NC(=O)OCc1ccccc1)C(=O)NC(CCCCN)C(=O)NC(CCCN=C(N)N)C(=O)Nc1ccc2c(C)cc(=O)oc2c1. The summed E-state index contributed by atoms with van der Waals surface area (Å²) >= 11 is 0. The van der Waals surface area contributed by atoms with Crippen molar-refractivity contribution in [1.82, 2.24) is 16.0 Å². The highest BCUT2D eigenvalue weighted by molar-refractivity contribution is 6.00. The molecule has 0 saturated carbocycles. The van der Waals surface area contributed by atoms with Crippen molar-refractivity contribution >= 4 is 46.4 Å². The quantitative estimate of drug-likeness (QED) is 0.0388. The zero-order valence-electron chi connectivity index (χ0n) is 29.2. The average molecular weight is 723 g/mol. The summed E-state index contributed by atoms with van der Waals surface area (Å²) < 4.78 is 10.6. The van der Waals surface area contributed by atoms with E-state index in [1.165, 1.54) is 12.1 Å². The summed E-state index contributed by atoms with van der Waals surface area (Å²) in [4.78, 5) is 69.5. The molecule has 3 atom stereocenters. The van der Waals surface area contributed by atoms with E-state index >= 15 is 0 Å². The number of amides is 4. The van der Waals surface area contributed by atoms with Gasteiger partial charge >= 0.3 is 11.7 Å². The van der Waals surface area contributed by atoms with Crippen molar-refractivity contribution in [3.63, 3.8) is 0 Å². The topological polar surface area (TPSA) is 246 Å². The normalized spacial score (nSPS) is 12.4. The summed E-state index contributed by atoms with van der Waals surface area (Å²) in [5.41, 5.74) is 18.2. The van der Waals surface area contributed by atoms with Crippen LogP contribution in [0.1, 0.15) is 76.8 Å². The largest absolute Gasteiger partial charge is 0.445 e. The van der Waals surface area contributed by atoms with Gasteiger partial charge in [0.15, 0.2) is 5.96 Å². The van der Waals surface area contributed by atoms with Crippen molar-refractivity contribution in [2.75, 3.05) is 18.4 Å². The molecule has 2 aromatic carbocycles. The smallest absolute Gasteiger partial charge is 0.408 e. The van der Waals surface area contributed by atoms with E-state index in [-0.39, 0.29) is 39.4 Å². The highest BCUT2D eigenvalue weighted by atomic mass is 16.5. The minimum atomic E-state index is -1.05. The van der Waals surface area contributed by atoms with Crippen molar-refractivity contribution < 1.29 is 28.3 Å². The van der Waals surface area contributed by atoms with Crippen LogP contribution in [0.15, 0.2) is 68.8 Å². The summed E-state index contributed by atoms with van der Waals surface area (Å²) in [6.45, 7) is 4.36. The predicted molar refractivity (Wildman–Crippen MR) is 202 cm³/mol. The Balaban J connectivity index is 0.00000936. The number of guanidine groups is 1. The van der Waals surface area contributed by atoms with Crippen LogP contribution >= 0.6 is 0 Å². The van der Waals surface area contributed by atoms with Gasteiger partial charge in [-0.25, -0.2) is 9.59 Å². The Morgan fingerprint density at radius 2 is 1.46 bits per heavy atom. The van der Waals surface area contributed by atoms with Gasteiger partial charge in [0.05, 0.1) is 0 Å². The Hall–Kier alpha value is -5.44. The maximum atomic E-state index is 13.8. The maximum Gasteiger partial charge on any atom is 0.408 e. The molecular formula is C37H54N8O7. The fourth-order valence-electron chi connectivity index (χ4n) is 5.29. The summed E-state index contributed by atoms with van der Waals surface area (Å²) in [5.74, 6) is -1.80. The number of hydrogen-bond acceptors (Lipinski definition) is 9. The van der Waals surface area contributed by atoms with Gasteiger partial charge in [0.25, 0.3) is 0 Å². The molecule has 0 aliphatic heterocycles. The first kappa shape index (κ1) is 42.7. The molecule has 3 rings (SSSR count). The number of ether oxygens (including phenoxy) is 1. The first-order valence-electron chi connectivity index (χ1n) is 17.2. The second-order valence-corrected chi connectivity index (χ2v) is 12.2. The van der Waals surface area contributed by atoms with E-state index in [9.17, 15) is 24.0 Å². The van der Waals surface area contributed by atoms with Crippen LogP contribution in [-0.4, -0.2) is 61.0 Å². The van der Waals surface area contributed by atoms with E-state index in [1.54, 1.807) is 19.1 Å². The van der Waals surface area contributed by atoms with Crippen molar-refractivity contribution in [2.24, 2.45) is 22.2 Å². The Bertz CT molecular complexity index is 1690. The molecule has 3 unspecified atom stereocenters. The van der Waals surface area contributed by atoms with Crippen LogP contribution in [-0.2, 0) is 25.7 Å². The number of carbonyl (C=O) groups excluding carboxylic acids is 4. The van der Waals surface area contributed by atoms with Gasteiger partial charge in [0.1, 0.15) is 30.3 Å². The number of rotatable bonds is 20. The lowest BCUT2D eigenvalue weighted by atomic mass is 10.0. The average Bonchev–Trinajstić information content (AvgIpc) is 3.09. The molecule has 15 heteroatoms. The van der Waals surface area contributed by atoms with Gasteiger partial charge in [-0.3, -0.25) is 19.4 Å². The Morgan fingerprint density at radius 1 is 0.827 bits per heavy atom. The molecular weight excluding hydrogens is 668 g/mol. The van der Waals surface area contributed by atoms with E-state index in [2.05, 4.69) is 26.3 Å². The number of fused-ring (bicyclic) bond motifs is 1. The molecule has 1 aromatic heterocycles. The number of nitrogens with one attached hydrogen (secondary N) is 4. The molecule has 10 N–H and O–H groups in total. The molecule has 3 aromatic rings. The lowest BCUT2D eigenvalue weighted by Gasteiger charge is -2.25. The molecule has 0 aliphatic carbocycles. The van der Waals surface area contributed by atoms with Crippen LogP contribution in [0.25, 0.3) is 11.0 Å². The molecule has 1 heterocycles. The fraction of sp³-hybridized carbons (Fsp3) is 0.459. The molecule has 52 heavy (non-hydrogen) atoms. The third-order valence-corrected chi connectivity index (χ3v) is 8.04. The number of nitrogens with zero attached hydrogens (tertiary/aromatic N) is 1. The van der Waals surface area contributed by atoms with Crippen LogP contribution in [0.2, 0.25) is 0 Å². The molecule has 4 amide bonds.